The van der Waals surface area contributed by atoms with Gasteiger partial charge in [-0.15, -0.1) is 0 Å². The topological polar surface area (TPSA) is 43.9 Å². The molecule has 0 bridgehead atoms. The molecule has 0 saturated carbocycles. The van der Waals surface area contributed by atoms with Crippen molar-refractivity contribution < 1.29 is 9.59 Å². The molecule has 142 valence electrons. The van der Waals surface area contributed by atoms with Crippen LogP contribution in [0.1, 0.15) is 25.3 Å². The maximum atomic E-state index is 12.9. The van der Waals surface area contributed by atoms with Gasteiger partial charge in [0.2, 0.25) is 11.8 Å². The largest absolute Gasteiger partial charge is 0.338 e. The minimum absolute atomic E-state index is 0.0143. The molecule has 2 amide bonds. The number of hydrogen-bond acceptors (Lipinski definition) is 3. The van der Waals surface area contributed by atoms with Crippen LogP contribution in [0.5, 0.6) is 0 Å². The van der Waals surface area contributed by atoms with Crippen LogP contribution < -0.4 is 0 Å². The molecule has 0 aliphatic carbocycles. The van der Waals surface area contributed by atoms with Gasteiger partial charge in [0.15, 0.2) is 0 Å². The van der Waals surface area contributed by atoms with Crippen LogP contribution >= 0.6 is 0 Å². The number of carbonyl (C=O) groups excluding carboxylic acids is 2. The number of amides is 2. The molecule has 27 heavy (non-hydrogen) atoms. The van der Waals surface area contributed by atoms with Gasteiger partial charge in [-0.2, -0.15) is 0 Å². The predicted molar refractivity (Wildman–Crippen MR) is 106 cm³/mol. The van der Waals surface area contributed by atoms with Gasteiger partial charge in [-0.25, -0.2) is 0 Å². The van der Waals surface area contributed by atoms with Crippen LogP contribution in [0.25, 0.3) is 10.8 Å². The van der Waals surface area contributed by atoms with E-state index in [-0.39, 0.29) is 17.9 Å². The highest BCUT2D eigenvalue weighted by atomic mass is 16.2. The van der Waals surface area contributed by atoms with E-state index < -0.39 is 0 Å². The highest BCUT2D eigenvalue weighted by molar-refractivity contribution is 5.87. The van der Waals surface area contributed by atoms with Crippen molar-refractivity contribution in [1.29, 1.82) is 0 Å². The summed E-state index contributed by atoms with van der Waals surface area (Å²) in [4.78, 5) is 30.7. The van der Waals surface area contributed by atoms with Gasteiger partial charge < -0.3 is 9.80 Å². The lowest BCUT2D eigenvalue weighted by atomic mass is 10.0. The van der Waals surface area contributed by atoms with Crippen LogP contribution in [0.3, 0.4) is 0 Å². The van der Waals surface area contributed by atoms with Crippen LogP contribution in [0.15, 0.2) is 42.5 Å². The molecule has 2 aromatic rings. The summed E-state index contributed by atoms with van der Waals surface area (Å²) in [5.74, 6) is 0.146. The molecule has 5 nitrogen and oxygen atoms in total. The number of piperazine rings is 1. The molecule has 1 atom stereocenters. The maximum Gasteiger partial charge on any atom is 0.245 e. The Morgan fingerprint density at radius 3 is 2.48 bits per heavy atom. The van der Waals surface area contributed by atoms with Crippen molar-refractivity contribution in [2.45, 2.75) is 32.4 Å². The molecule has 2 saturated heterocycles. The van der Waals surface area contributed by atoms with Crippen LogP contribution in [0, 0.1) is 0 Å². The fraction of sp³-hybridized carbons (Fsp3) is 0.455. The molecule has 2 aliphatic heterocycles. The Labute approximate surface area is 160 Å². The second-order valence-electron chi connectivity index (χ2n) is 7.61. The zero-order chi connectivity index (χ0) is 18.8. The molecule has 2 aromatic carbocycles. The monoisotopic (exact) mass is 365 g/mol. The summed E-state index contributed by atoms with van der Waals surface area (Å²) in [5, 5.41) is 2.58. The lowest BCUT2D eigenvalue weighted by molar-refractivity contribution is -0.144. The van der Waals surface area contributed by atoms with Crippen molar-refractivity contribution in [2.75, 3.05) is 32.7 Å². The maximum absolute atomic E-state index is 12.9. The van der Waals surface area contributed by atoms with Crippen LogP contribution in [-0.2, 0) is 16.1 Å². The third-order valence-electron chi connectivity index (χ3n) is 5.90. The number of benzene rings is 2. The van der Waals surface area contributed by atoms with Crippen LogP contribution in [0.4, 0.5) is 0 Å². The molecule has 0 radical (unpaired) electrons. The molecule has 5 heteroatoms. The van der Waals surface area contributed by atoms with Crippen molar-refractivity contribution >= 4 is 22.6 Å². The van der Waals surface area contributed by atoms with Gasteiger partial charge in [-0.3, -0.25) is 14.5 Å². The Kier molecular flexibility index (Phi) is 5.12. The Morgan fingerprint density at radius 1 is 0.963 bits per heavy atom. The van der Waals surface area contributed by atoms with Gasteiger partial charge in [0, 0.05) is 46.2 Å². The molecule has 0 N–H and O–H groups in total. The number of rotatable bonds is 3. The van der Waals surface area contributed by atoms with Crippen molar-refractivity contribution in [3.05, 3.63) is 48.0 Å². The Morgan fingerprint density at radius 2 is 1.70 bits per heavy atom. The van der Waals surface area contributed by atoms with Crippen molar-refractivity contribution in [1.82, 2.24) is 14.7 Å². The quantitative estimate of drug-likeness (QED) is 0.839. The minimum atomic E-state index is -0.243. The van der Waals surface area contributed by atoms with Crippen molar-refractivity contribution in [2.24, 2.45) is 0 Å². The molecule has 4 rings (SSSR count). The predicted octanol–water partition coefficient (Wildman–Crippen LogP) is 2.49. The molecule has 2 fully saturated rings. The first-order valence-electron chi connectivity index (χ1n) is 9.88. The van der Waals surface area contributed by atoms with Crippen molar-refractivity contribution in [3.8, 4) is 0 Å². The first-order valence-corrected chi connectivity index (χ1v) is 9.88. The summed E-state index contributed by atoms with van der Waals surface area (Å²) in [6, 6.07) is 14.7. The van der Waals surface area contributed by atoms with Gasteiger partial charge in [-0.1, -0.05) is 42.5 Å². The van der Waals surface area contributed by atoms with E-state index in [2.05, 4.69) is 47.4 Å². The number of fused-ring (bicyclic) bond motifs is 1. The first-order chi connectivity index (χ1) is 13.1. The molecule has 0 aromatic heterocycles. The molecular weight excluding hydrogens is 338 g/mol. The lowest BCUT2D eigenvalue weighted by Gasteiger charge is -2.37. The minimum Gasteiger partial charge on any atom is -0.338 e. The SMILES string of the molecule is CC(=O)N1CCCC1C(=O)N1CCN(Cc2cccc3ccccc23)CC1. The zero-order valence-corrected chi connectivity index (χ0v) is 15.9. The Balaban J connectivity index is 1.37. The van der Waals surface area contributed by atoms with Gasteiger partial charge in [0.1, 0.15) is 6.04 Å². The number of likely N-dealkylation sites (tertiary alicyclic amines) is 1. The highest BCUT2D eigenvalue weighted by Crippen LogP contribution is 2.22. The summed E-state index contributed by atoms with van der Waals surface area (Å²) in [5.41, 5.74) is 1.34. The second kappa shape index (κ2) is 7.69. The van der Waals surface area contributed by atoms with E-state index in [4.69, 9.17) is 0 Å². The van der Waals surface area contributed by atoms with E-state index in [1.54, 1.807) is 11.8 Å². The van der Waals surface area contributed by atoms with Gasteiger partial charge in [0.25, 0.3) is 0 Å². The normalized spacial score (nSPS) is 21.0. The summed E-state index contributed by atoms with van der Waals surface area (Å²) < 4.78 is 0. The number of nitrogens with zero attached hydrogens (tertiary/aromatic N) is 3. The molecule has 1 unspecified atom stereocenters. The van der Waals surface area contributed by atoms with Gasteiger partial charge in [0.05, 0.1) is 0 Å². The van der Waals surface area contributed by atoms with E-state index in [1.807, 2.05) is 4.90 Å². The van der Waals surface area contributed by atoms with E-state index in [0.717, 1.165) is 45.6 Å². The average molecular weight is 365 g/mol. The third kappa shape index (κ3) is 3.69. The smallest absolute Gasteiger partial charge is 0.245 e. The number of carbonyl (C=O) groups is 2. The molecule has 2 heterocycles. The molecule has 2 aliphatic rings. The fourth-order valence-electron chi connectivity index (χ4n) is 4.41. The van der Waals surface area contributed by atoms with Crippen LogP contribution in [-0.4, -0.2) is 65.3 Å². The summed E-state index contributed by atoms with van der Waals surface area (Å²) in [6.07, 6.45) is 1.73. The Hall–Kier alpha value is -2.40. The summed E-state index contributed by atoms with van der Waals surface area (Å²) in [6.45, 7) is 6.42. The number of hydrogen-bond donors (Lipinski definition) is 0. The fourth-order valence-corrected chi connectivity index (χ4v) is 4.41. The average Bonchev–Trinajstić information content (AvgIpc) is 3.19. The van der Waals surface area contributed by atoms with Crippen LogP contribution in [0.2, 0.25) is 0 Å². The van der Waals surface area contributed by atoms with E-state index in [9.17, 15) is 9.59 Å². The molecular formula is C22H27N3O2. The zero-order valence-electron chi connectivity index (χ0n) is 15.9. The summed E-state index contributed by atoms with van der Waals surface area (Å²) in [7, 11) is 0. The third-order valence-corrected chi connectivity index (χ3v) is 5.90. The van der Waals surface area contributed by atoms with Gasteiger partial charge >= 0.3 is 0 Å². The van der Waals surface area contributed by atoms with E-state index >= 15 is 0 Å². The van der Waals surface area contributed by atoms with E-state index in [0.29, 0.717) is 6.54 Å². The summed E-state index contributed by atoms with van der Waals surface area (Å²) >= 11 is 0. The van der Waals surface area contributed by atoms with E-state index in [1.165, 1.54) is 16.3 Å². The standard InChI is InChI=1S/C22H27N3O2/c1-17(26)25-11-5-10-21(25)22(27)24-14-12-23(13-15-24)16-19-8-4-7-18-6-2-3-9-20(18)19/h2-4,6-9,21H,5,10-16H2,1H3. The van der Waals surface area contributed by atoms with Gasteiger partial charge in [-0.05, 0) is 29.2 Å². The van der Waals surface area contributed by atoms with Crippen molar-refractivity contribution in [3.63, 3.8) is 0 Å². The highest BCUT2D eigenvalue weighted by Gasteiger charge is 2.36. The Bertz CT molecular complexity index is 837. The molecule has 0 spiro atoms. The first kappa shape index (κ1) is 18.0. The lowest BCUT2D eigenvalue weighted by Crippen LogP contribution is -2.54. The second-order valence-corrected chi connectivity index (χ2v) is 7.61.